The van der Waals surface area contributed by atoms with Crippen LogP contribution in [0.15, 0.2) is 0 Å². The molecule has 0 bridgehead atoms. The average Bonchev–Trinajstić information content (AvgIpc) is 2.78. The van der Waals surface area contributed by atoms with Crippen LogP contribution in [0.2, 0.25) is 0 Å². The zero-order valence-corrected chi connectivity index (χ0v) is 13.8. The standard InChI is InChI=1S/C17H38NO4P/c1-6-7-8-9-10-11-12-13-14-16(2)17(15-18(3,4)5)22-23(19,20)21/h16-17H,6-15H2,1-5H3,(H-,19,20,21)/p+1/i1D3,2D3,6D2,7D2,8D2,9D2,10D2,11D2,12D2,13D2,14D2,16D. The van der Waals surface area contributed by atoms with Gasteiger partial charge in [-0.1, -0.05) is 64.7 Å². The number of phosphoric ester groups is 1. The molecular weight excluding hydrogens is 313 g/mol. The molecule has 0 fully saturated rings. The van der Waals surface area contributed by atoms with Crippen LogP contribution >= 0.6 is 7.82 Å². The molecule has 0 amide bonds. The van der Waals surface area contributed by atoms with Gasteiger partial charge in [0.05, 0.1) is 21.1 Å². The molecule has 2 unspecified atom stereocenters. The Balaban J connectivity index is 7.86. The highest BCUT2D eigenvalue weighted by atomic mass is 31.2. The fourth-order valence-corrected chi connectivity index (χ4v) is 1.71. The fraction of sp³-hybridized carbons (Fsp3) is 1.00. The summed E-state index contributed by atoms with van der Waals surface area (Å²) in [6.07, 6.45) is -45.9. The van der Waals surface area contributed by atoms with Gasteiger partial charge >= 0.3 is 7.82 Å². The maximum atomic E-state index is 11.8. The first-order valence-electron chi connectivity index (χ1n) is 18.6. The number of nitrogens with zero attached hydrogens (tertiary/aromatic N) is 1. The van der Waals surface area contributed by atoms with Gasteiger partial charge in [-0.15, -0.1) is 0 Å². The Labute approximate surface area is 178 Å². The normalized spacial score (nSPS) is 39.8. The summed E-state index contributed by atoms with van der Waals surface area (Å²) in [5.74, 6) is -4.31. The molecule has 140 valence electrons. The van der Waals surface area contributed by atoms with Gasteiger partial charge in [-0.25, -0.2) is 4.57 Å². The van der Waals surface area contributed by atoms with Gasteiger partial charge in [0.25, 0.3) is 0 Å². The predicted octanol–water partition coefficient (Wildman–Crippen LogP) is 4.34. The molecule has 0 heterocycles. The lowest BCUT2D eigenvalue weighted by Crippen LogP contribution is -2.44. The Morgan fingerprint density at radius 3 is 2.17 bits per heavy atom. The summed E-state index contributed by atoms with van der Waals surface area (Å²) in [6, 6.07) is 0. The molecule has 0 aromatic carbocycles. The molecule has 0 aromatic rings. The van der Waals surface area contributed by atoms with E-state index >= 15 is 0 Å². The van der Waals surface area contributed by atoms with Crippen molar-refractivity contribution in [3.05, 3.63) is 0 Å². The summed E-state index contributed by atoms with van der Waals surface area (Å²) in [6.45, 7) is -9.29. The lowest BCUT2D eigenvalue weighted by atomic mass is 9.96. The number of rotatable bonds is 14. The molecule has 0 aromatic heterocycles. The molecule has 23 heavy (non-hydrogen) atoms. The third-order valence-corrected chi connectivity index (χ3v) is 2.46. The topological polar surface area (TPSA) is 66.8 Å². The van der Waals surface area contributed by atoms with Gasteiger partial charge in [0, 0.05) is 34.3 Å². The van der Waals surface area contributed by atoms with Crippen LogP contribution in [0.4, 0.5) is 0 Å². The minimum Gasteiger partial charge on any atom is -0.329 e. The summed E-state index contributed by atoms with van der Waals surface area (Å²) in [5, 5.41) is 0. The fourth-order valence-electron chi connectivity index (χ4n) is 1.21. The number of phosphoric acid groups is 1. The first kappa shape index (κ1) is 5.07. The highest BCUT2D eigenvalue weighted by molar-refractivity contribution is 7.46. The average molecular weight is 378 g/mol. The molecule has 2 N–H and O–H groups in total. The molecule has 0 saturated carbocycles. The van der Waals surface area contributed by atoms with Crippen LogP contribution in [-0.2, 0) is 9.09 Å². The van der Waals surface area contributed by atoms with Crippen LogP contribution < -0.4 is 0 Å². The van der Waals surface area contributed by atoms with E-state index in [2.05, 4.69) is 4.52 Å². The molecule has 0 radical (unpaired) electrons. The van der Waals surface area contributed by atoms with Crippen LogP contribution in [0.5, 0.6) is 0 Å². The van der Waals surface area contributed by atoms with Crippen LogP contribution in [-0.4, -0.2) is 48.1 Å². The quantitative estimate of drug-likeness (QED) is 0.349. The van der Waals surface area contributed by atoms with Crippen LogP contribution in [0.3, 0.4) is 0 Å². The van der Waals surface area contributed by atoms with Crippen LogP contribution in [0.1, 0.15) is 105 Å². The van der Waals surface area contributed by atoms with E-state index in [4.69, 9.17) is 34.3 Å². The highest BCUT2D eigenvalue weighted by Gasteiger charge is 2.31. The molecule has 0 saturated heterocycles. The lowest BCUT2D eigenvalue weighted by molar-refractivity contribution is -0.873. The Morgan fingerprint density at radius 1 is 1.13 bits per heavy atom. The zero-order valence-electron chi connectivity index (χ0n) is 37.9. The monoisotopic (exact) mass is 377 g/mol. The third-order valence-electron chi connectivity index (χ3n) is 1.93. The molecule has 6 heteroatoms. The van der Waals surface area contributed by atoms with Crippen molar-refractivity contribution in [2.75, 3.05) is 27.7 Å². The SMILES string of the molecule is [2H]C([2H])([2H])C([2H])([2H])C([2H])([2H])C([2H])([2H])C([2H])([2H])C([2H])([2H])C([2H])([2H])C([2H])([2H])C([2H])([2H])C([2H])([2H])C([2H])(C(C[N+](C)(C)C)OP(=O)(O)O)C([2H])([2H])[2H]. The van der Waals surface area contributed by atoms with Gasteiger partial charge in [-0.3, -0.25) is 4.52 Å². The predicted molar refractivity (Wildman–Crippen MR) is 96.2 cm³/mol. The molecular formula is C17H39NO4P+. The summed E-state index contributed by atoms with van der Waals surface area (Å²) >= 11 is 0. The zero-order chi connectivity index (χ0) is 40.0. The van der Waals surface area contributed by atoms with Crippen molar-refractivity contribution in [1.82, 2.24) is 0 Å². The maximum Gasteiger partial charge on any atom is 0.470 e. The number of hydrogen-bond acceptors (Lipinski definition) is 2. The van der Waals surface area contributed by atoms with Crippen molar-refractivity contribution in [2.45, 2.75) is 77.2 Å². The summed E-state index contributed by atoms with van der Waals surface area (Å²) in [5.41, 5.74) is 0. The molecule has 0 aliphatic rings. The molecule has 0 spiro atoms. The van der Waals surface area contributed by atoms with Gasteiger partial charge < -0.3 is 14.3 Å². The Kier molecular flexibility index (Phi) is 2.56. The summed E-state index contributed by atoms with van der Waals surface area (Å²) in [4.78, 5) is 18.9. The van der Waals surface area contributed by atoms with Gasteiger partial charge in [0.15, 0.2) is 0 Å². The summed E-state index contributed by atoms with van der Waals surface area (Å²) < 4.78 is 216. The van der Waals surface area contributed by atoms with Gasteiger partial charge in [0.1, 0.15) is 12.6 Å². The van der Waals surface area contributed by atoms with Gasteiger partial charge in [0.2, 0.25) is 0 Å². The van der Waals surface area contributed by atoms with E-state index in [0.717, 1.165) is 0 Å². The van der Waals surface area contributed by atoms with Crippen molar-refractivity contribution in [2.24, 2.45) is 5.89 Å². The Bertz CT molecular complexity index is 1210. The first-order valence-corrected chi connectivity index (χ1v) is 7.64. The third kappa shape index (κ3) is 15.3. The van der Waals surface area contributed by atoms with Crippen molar-refractivity contribution in [3.8, 4) is 0 Å². The van der Waals surface area contributed by atoms with Crippen molar-refractivity contribution in [1.29, 1.82) is 0 Å². The van der Waals surface area contributed by atoms with E-state index in [1.807, 2.05) is 0 Å². The molecule has 5 nitrogen and oxygen atoms in total. The summed E-state index contributed by atoms with van der Waals surface area (Å²) in [7, 11) is -2.18. The number of hydrogen-bond donors (Lipinski definition) is 2. The molecule has 0 aliphatic heterocycles. The highest BCUT2D eigenvalue weighted by Crippen LogP contribution is 2.40. The molecule has 0 rings (SSSR count). The maximum absolute atomic E-state index is 11.8. The number of quaternary nitrogens is 1. The largest absolute Gasteiger partial charge is 0.470 e. The van der Waals surface area contributed by atoms with E-state index in [9.17, 15) is 14.4 Å². The molecule has 0 aliphatic carbocycles. The Morgan fingerprint density at radius 2 is 1.70 bits per heavy atom. The van der Waals surface area contributed by atoms with Crippen molar-refractivity contribution >= 4 is 7.82 Å². The smallest absolute Gasteiger partial charge is 0.329 e. The van der Waals surface area contributed by atoms with E-state index in [1.165, 1.54) is 21.1 Å². The van der Waals surface area contributed by atoms with Crippen molar-refractivity contribution < 1.29 is 57.6 Å². The molecule has 2 atom stereocenters. The van der Waals surface area contributed by atoms with E-state index in [0.29, 0.717) is 0 Å². The van der Waals surface area contributed by atoms with Gasteiger partial charge in [-0.2, -0.15) is 0 Å². The van der Waals surface area contributed by atoms with Crippen molar-refractivity contribution in [3.63, 3.8) is 0 Å². The number of likely N-dealkylation sites (N-methyl/N-ethyl adjacent to an activating group) is 1. The Hall–Kier alpha value is 0.0700. The second-order valence-corrected chi connectivity index (χ2v) is 6.29. The van der Waals surface area contributed by atoms with E-state index < -0.39 is 102 Å². The van der Waals surface area contributed by atoms with E-state index in [1.54, 1.807) is 0 Å². The minimum atomic E-state index is -5.87. The minimum absolute atomic E-state index is 0.558. The second-order valence-electron chi connectivity index (χ2n) is 5.10. The van der Waals surface area contributed by atoms with Crippen LogP contribution in [0, 0.1) is 5.89 Å². The van der Waals surface area contributed by atoms with Crippen LogP contribution in [0.25, 0.3) is 0 Å². The van der Waals surface area contributed by atoms with Gasteiger partial charge in [-0.05, 0) is 12.3 Å². The lowest BCUT2D eigenvalue weighted by Gasteiger charge is -2.32. The first-order chi connectivity index (χ1) is 20.1. The van der Waals surface area contributed by atoms with E-state index in [-0.39, 0.29) is 0 Å². The second kappa shape index (κ2) is 11.6.